The topological polar surface area (TPSA) is 53.1 Å². The van der Waals surface area contributed by atoms with Crippen LogP contribution in [-0.4, -0.2) is 53.2 Å². The molecule has 1 saturated heterocycles. The van der Waals surface area contributed by atoms with Crippen molar-refractivity contribution in [2.75, 3.05) is 42.0 Å². The SMILES string of the molecule is Cc1ccc(N(Cl)S(=O)(=O)c2ccc(C)c(N3CCCN(C)CC3)c2)cc1OC(F)F. The number of ether oxygens (including phenoxy) is 1. The molecule has 0 radical (unpaired) electrons. The molecule has 1 aliphatic heterocycles. The summed E-state index contributed by atoms with van der Waals surface area (Å²) in [5.41, 5.74) is 2.26. The third kappa shape index (κ3) is 5.39. The van der Waals surface area contributed by atoms with Gasteiger partial charge in [-0.25, -0.2) is 0 Å². The van der Waals surface area contributed by atoms with E-state index in [1.54, 1.807) is 19.1 Å². The highest BCUT2D eigenvalue weighted by atomic mass is 35.5. The van der Waals surface area contributed by atoms with Crippen LogP contribution in [0.2, 0.25) is 0 Å². The molecule has 170 valence electrons. The molecule has 1 heterocycles. The van der Waals surface area contributed by atoms with Gasteiger partial charge in [-0.1, -0.05) is 12.1 Å². The fourth-order valence-corrected chi connectivity index (χ4v) is 4.95. The Kier molecular flexibility index (Phi) is 7.28. The van der Waals surface area contributed by atoms with Crippen LogP contribution in [0.25, 0.3) is 0 Å². The summed E-state index contributed by atoms with van der Waals surface area (Å²) in [6.45, 7) is 3.98. The van der Waals surface area contributed by atoms with Gasteiger partial charge in [-0.2, -0.15) is 21.0 Å². The van der Waals surface area contributed by atoms with E-state index >= 15 is 0 Å². The first-order valence-corrected chi connectivity index (χ1v) is 11.7. The first kappa shape index (κ1) is 23.6. The average Bonchev–Trinajstić information content (AvgIpc) is 2.93. The van der Waals surface area contributed by atoms with Crippen LogP contribution in [0.15, 0.2) is 41.3 Å². The standard InChI is InChI=1S/C21H26ClF2N3O3S/c1-15-6-8-18(14-19(15)26-10-4-9-25(3)11-12-26)31(28,29)27(22)17-7-5-16(2)20(13-17)30-21(23)24/h5-8,13-14,21H,4,9-12H2,1-3H3. The van der Waals surface area contributed by atoms with E-state index in [1.807, 2.05) is 6.92 Å². The fourth-order valence-electron chi connectivity index (χ4n) is 3.53. The third-order valence-corrected chi connectivity index (χ3v) is 7.56. The van der Waals surface area contributed by atoms with E-state index in [0.717, 1.165) is 43.9 Å². The van der Waals surface area contributed by atoms with Crippen molar-refractivity contribution in [3.63, 3.8) is 0 Å². The summed E-state index contributed by atoms with van der Waals surface area (Å²) in [5.74, 6) is -0.133. The maximum atomic E-state index is 13.2. The molecule has 2 aromatic carbocycles. The van der Waals surface area contributed by atoms with Gasteiger partial charge < -0.3 is 14.5 Å². The molecule has 0 N–H and O–H groups in total. The van der Waals surface area contributed by atoms with Crippen molar-refractivity contribution in [1.29, 1.82) is 0 Å². The van der Waals surface area contributed by atoms with Crippen molar-refractivity contribution < 1.29 is 21.9 Å². The zero-order valence-electron chi connectivity index (χ0n) is 17.7. The van der Waals surface area contributed by atoms with Crippen molar-refractivity contribution in [1.82, 2.24) is 4.90 Å². The van der Waals surface area contributed by atoms with Crippen LogP contribution in [0.3, 0.4) is 0 Å². The van der Waals surface area contributed by atoms with Crippen LogP contribution in [0, 0.1) is 13.8 Å². The summed E-state index contributed by atoms with van der Waals surface area (Å²) >= 11 is 6.20. The summed E-state index contributed by atoms with van der Waals surface area (Å²) in [7, 11) is -2.06. The Morgan fingerprint density at radius 1 is 1.03 bits per heavy atom. The van der Waals surface area contributed by atoms with E-state index in [-0.39, 0.29) is 16.3 Å². The summed E-state index contributed by atoms with van der Waals surface area (Å²) in [6.07, 6.45) is 0.977. The van der Waals surface area contributed by atoms with Gasteiger partial charge in [0.1, 0.15) is 5.75 Å². The Morgan fingerprint density at radius 3 is 2.45 bits per heavy atom. The maximum absolute atomic E-state index is 13.2. The minimum absolute atomic E-state index is 0.0152. The molecule has 0 spiro atoms. The van der Waals surface area contributed by atoms with Gasteiger partial charge >= 0.3 is 6.61 Å². The number of alkyl halides is 2. The number of likely N-dealkylation sites (N-methyl/N-ethyl adjacent to an activating group) is 1. The lowest BCUT2D eigenvalue weighted by molar-refractivity contribution is -0.0502. The number of aryl methyl sites for hydroxylation is 2. The van der Waals surface area contributed by atoms with E-state index in [1.165, 1.54) is 24.3 Å². The zero-order chi connectivity index (χ0) is 22.8. The quantitative estimate of drug-likeness (QED) is 0.582. The smallest absolute Gasteiger partial charge is 0.387 e. The molecule has 0 amide bonds. The Bertz CT molecular complexity index is 1040. The highest BCUT2D eigenvalue weighted by Crippen LogP contribution is 2.33. The molecule has 6 nitrogen and oxygen atoms in total. The van der Waals surface area contributed by atoms with Crippen molar-refractivity contribution in [3.8, 4) is 5.75 Å². The van der Waals surface area contributed by atoms with E-state index in [2.05, 4.69) is 21.6 Å². The molecule has 1 aliphatic rings. The zero-order valence-corrected chi connectivity index (χ0v) is 19.3. The summed E-state index contributed by atoms with van der Waals surface area (Å²) in [5, 5.41) is 0. The minimum atomic E-state index is -4.13. The minimum Gasteiger partial charge on any atom is -0.434 e. The van der Waals surface area contributed by atoms with Crippen molar-refractivity contribution in [2.24, 2.45) is 0 Å². The average molecular weight is 474 g/mol. The molecule has 10 heteroatoms. The lowest BCUT2D eigenvalue weighted by atomic mass is 10.1. The van der Waals surface area contributed by atoms with Crippen molar-refractivity contribution in [3.05, 3.63) is 47.5 Å². The summed E-state index contributed by atoms with van der Waals surface area (Å²) in [4.78, 5) is 4.45. The number of anilines is 2. The number of rotatable bonds is 6. The highest BCUT2D eigenvalue weighted by Gasteiger charge is 2.26. The van der Waals surface area contributed by atoms with Crippen LogP contribution in [0.1, 0.15) is 17.5 Å². The Morgan fingerprint density at radius 2 is 1.74 bits per heavy atom. The van der Waals surface area contributed by atoms with Gasteiger partial charge in [0.05, 0.1) is 10.6 Å². The van der Waals surface area contributed by atoms with Crippen LogP contribution in [-0.2, 0) is 10.0 Å². The van der Waals surface area contributed by atoms with E-state index < -0.39 is 16.6 Å². The Labute approximate surface area is 187 Å². The second-order valence-corrected chi connectivity index (χ2v) is 9.97. The molecule has 0 aliphatic carbocycles. The lowest BCUT2D eigenvalue weighted by Gasteiger charge is -2.26. The molecule has 0 unspecified atom stereocenters. The monoisotopic (exact) mass is 473 g/mol. The first-order chi connectivity index (χ1) is 14.6. The van der Waals surface area contributed by atoms with Crippen LogP contribution >= 0.6 is 11.8 Å². The first-order valence-electron chi connectivity index (χ1n) is 9.90. The molecular weight excluding hydrogens is 448 g/mol. The fraction of sp³-hybridized carbons (Fsp3) is 0.429. The predicted octanol–water partition coefficient (Wildman–Crippen LogP) is 4.40. The summed E-state index contributed by atoms with van der Waals surface area (Å²) < 4.78 is 56.7. The van der Waals surface area contributed by atoms with Crippen LogP contribution < -0.4 is 13.5 Å². The molecule has 2 aromatic rings. The Hall–Kier alpha value is -2.10. The van der Waals surface area contributed by atoms with Gasteiger partial charge in [0.25, 0.3) is 10.0 Å². The molecule has 1 fully saturated rings. The van der Waals surface area contributed by atoms with Gasteiger partial charge in [0.15, 0.2) is 0 Å². The van der Waals surface area contributed by atoms with E-state index in [0.29, 0.717) is 9.39 Å². The van der Waals surface area contributed by atoms with Gasteiger partial charge in [-0.3, -0.25) is 0 Å². The number of sulfonamides is 1. The van der Waals surface area contributed by atoms with Gasteiger partial charge in [-0.15, -0.1) is 0 Å². The predicted molar refractivity (Wildman–Crippen MR) is 119 cm³/mol. The number of halogens is 3. The second-order valence-electron chi connectivity index (χ2n) is 7.64. The number of nitrogens with zero attached hydrogens (tertiary/aromatic N) is 3. The van der Waals surface area contributed by atoms with Gasteiger partial charge in [-0.05, 0) is 63.2 Å². The highest BCUT2D eigenvalue weighted by molar-refractivity contribution is 7.94. The molecule has 0 aromatic heterocycles. The summed E-state index contributed by atoms with van der Waals surface area (Å²) in [6, 6.07) is 8.98. The lowest BCUT2D eigenvalue weighted by Crippen LogP contribution is -2.29. The van der Waals surface area contributed by atoms with Crippen molar-refractivity contribution >= 4 is 33.2 Å². The maximum Gasteiger partial charge on any atom is 0.387 e. The third-order valence-electron chi connectivity index (χ3n) is 5.34. The molecule has 0 atom stereocenters. The largest absolute Gasteiger partial charge is 0.434 e. The van der Waals surface area contributed by atoms with Crippen LogP contribution in [0.4, 0.5) is 20.2 Å². The second kappa shape index (κ2) is 9.58. The van der Waals surface area contributed by atoms with E-state index in [4.69, 9.17) is 11.8 Å². The molecule has 0 saturated carbocycles. The number of hydrogen-bond acceptors (Lipinski definition) is 5. The van der Waals surface area contributed by atoms with Gasteiger partial charge in [0.2, 0.25) is 0 Å². The number of hydrogen-bond donors (Lipinski definition) is 0. The number of benzene rings is 2. The molecule has 3 rings (SSSR count). The molecular formula is C21H26ClF2N3O3S. The Balaban J connectivity index is 1.93. The van der Waals surface area contributed by atoms with Crippen molar-refractivity contribution in [2.45, 2.75) is 31.8 Å². The van der Waals surface area contributed by atoms with Gasteiger partial charge in [0, 0.05) is 43.2 Å². The van der Waals surface area contributed by atoms with E-state index in [9.17, 15) is 17.2 Å². The normalized spacial score (nSPS) is 15.8. The van der Waals surface area contributed by atoms with Crippen LogP contribution in [0.5, 0.6) is 5.75 Å². The molecule has 0 bridgehead atoms. The molecule has 31 heavy (non-hydrogen) atoms.